The third-order valence-electron chi connectivity index (χ3n) is 2.69. The molecule has 0 atom stereocenters. The van der Waals surface area contributed by atoms with E-state index >= 15 is 0 Å². The van der Waals surface area contributed by atoms with Gasteiger partial charge >= 0.3 is 0 Å². The lowest BCUT2D eigenvalue weighted by atomic mass is 10.1. The van der Waals surface area contributed by atoms with Crippen LogP contribution in [0, 0.1) is 0 Å². The molecule has 2 aromatic carbocycles. The third-order valence-corrected chi connectivity index (χ3v) is 4.18. The smallest absolute Gasteiger partial charge is 0.147 e. The Balaban J connectivity index is 2.10. The Bertz CT molecular complexity index is 708. The summed E-state index contributed by atoms with van der Waals surface area (Å²) in [5.41, 5.74) is 6.64. The van der Waals surface area contributed by atoms with Gasteiger partial charge in [-0.3, -0.25) is 0 Å². The molecule has 0 aliphatic heterocycles. The summed E-state index contributed by atoms with van der Waals surface area (Å²) in [6.07, 6.45) is 0. The number of rotatable bonds is 2. The Labute approximate surface area is 117 Å². The van der Waals surface area contributed by atoms with Crippen molar-refractivity contribution in [3.8, 4) is 10.6 Å². The van der Waals surface area contributed by atoms with Gasteiger partial charge in [-0.2, -0.15) is 0 Å². The normalized spacial score (nSPS) is 11.0. The summed E-state index contributed by atoms with van der Waals surface area (Å²) < 4.78 is 1.09. The van der Waals surface area contributed by atoms with Gasteiger partial charge in [0.1, 0.15) is 10.0 Å². The fraction of sp³-hybridized carbons (Fsp3) is 0.0769. The van der Waals surface area contributed by atoms with Gasteiger partial charge in [0, 0.05) is 16.6 Å². The van der Waals surface area contributed by atoms with Crippen LogP contribution in [-0.2, 0) is 6.54 Å². The zero-order valence-corrected chi connectivity index (χ0v) is 11.8. The van der Waals surface area contributed by atoms with Crippen LogP contribution in [0.3, 0.4) is 0 Å². The SMILES string of the molecule is NCc1nnc(-c2ccc3cc(Br)ccc3c2)s1. The van der Waals surface area contributed by atoms with Gasteiger partial charge in [0.25, 0.3) is 0 Å². The highest BCUT2D eigenvalue weighted by Crippen LogP contribution is 2.28. The Morgan fingerprint density at radius 3 is 2.61 bits per heavy atom. The van der Waals surface area contributed by atoms with Crippen molar-refractivity contribution in [2.45, 2.75) is 6.54 Å². The first-order chi connectivity index (χ1) is 8.76. The molecule has 18 heavy (non-hydrogen) atoms. The molecule has 0 saturated carbocycles. The van der Waals surface area contributed by atoms with Crippen molar-refractivity contribution < 1.29 is 0 Å². The lowest BCUT2D eigenvalue weighted by Crippen LogP contribution is -1.94. The first-order valence-corrected chi connectivity index (χ1v) is 7.09. The van der Waals surface area contributed by atoms with Gasteiger partial charge < -0.3 is 5.73 Å². The maximum atomic E-state index is 5.55. The number of halogens is 1. The van der Waals surface area contributed by atoms with E-state index in [0.29, 0.717) is 6.54 Å². The molecule has 0 aliphatic carbocycles. The molecule has 0 unspecified atom stereocenters. The Hall–Kier alpha value is -1.30. The van der Waals surface area contributed by atoms with E-state index in [1.807, 2.05) is 6.07 Å². The van der Waals surface area contributed by atoms with E-state index in [9.17, 15) is 0 Å². The second kappa shape index (κ2) is 4.76. The quantitative estimate of drug-likeness (QED) is 0.785. The number of benzene rings is 2. The topological polar surface area (TPSA) is 51.8 Å². The third kappa shape index (κ3) is 2.16. The number of fused-ring (bicyclic) bond motifs is 1. The van der Waals surface area contributed by atoms with Gasteiger partial charge in [-0.15, -0.1) is 10.2 Å². The van der Waals surface area contributed by atoms with E-state index in [0.717, 1.165) is 20.1 Å². The molecule has 0 aliphatic rings. The van der Waals surface area contributed by atoms with Crippen molar-refractivity contribution in [1.82, 2.24) is 10.2 Å². The van der Waals surface area contributed by atoms with Gasteiger partial charge in [0.2, 0.25) is 0 Å². The molecule has 0 bridgehead atoms. The van der Waals surface area contributed by atoms with Gasteiger partial charge in [0.05, 0.1) is 0 Å². The minimum absolute atomic E-state index is 0.443. The van der Waals surface area contributed by atoms with Crippen LogP contribution in [0.2, 0.25) is 0 Å². The summed E-state index contributed by atoms with van der Waals surface area (Å²) >= 11 is 5.02. The van der Waals surface area contributed by atoms with Gasteiger partial charge in [-0.05, 0) is 29.0 Å². The summed E-state index contributed by atoms with van der Waals surface area (Å²) in [5, 5.41) is 12.4. The molecule has 0 spiro atoms. The predicted octanol–water partition coefficient (Wildman–Crippen LogP) is 3.58. The zero-order valence-electron chi connectivity index (χ0n) is 9.43. The minimum atomic E-state index is 0.443. The van der Waals surface area contributed by atoms with Crippen molar-refractivity contribution >= 4 is 38.0 Å². The van der Waals surface area contributed by atoms with Crippen LogP contribution in [0.15, 0.2) is 40.9 Å². The van der Waals surface area contributed by atoms with E-state index in [4.69, 9.17) is 5.73 Å². The van der Waals surface area contributed by atoms with Gasteiger partial charge in [0.15, 0.2) is 0 Å². The molecule has 3 aromatic rings. The van der Waals surface area contributed by atoms with Crippen LogP contribution < -0.4 is 5.73 Å². The fourth-order valence-corrected chi connectivity index (χ4v) is 2.90. The molecule has 2 N–H and O–H groups in total. The summed E-state index contributed by atoms with van der Waals surface area (Å²) in [6, 6.07) is 12.5. The predicted molar refractivity (Wildman–Crippen MR) is 78.4 cm³/mol. The lowest BCUT2D eigenvalue weighted by Gasteiger charge is -2.01. The van der Waals surface area contributed by atoms with Gasteiger partial charge in [-0.25, -0.2) is 0 Å². The number of nitrogens with two attached hydrogens (primary N) is 1. The van der Waals surface area contributed by atoms with Crippen LogP contribution in [0.5, 0.6) is 0 Å². The molecule has 5 heteroatoms. The van der Waals surface area contributed by atoms with Crippen molar-refractivity contribution in [3.63, 3.8) is 0 Å². The standard InChI is InChI=1S/C13H10BrN3S/c14-11-4-3-8-5-10(2-1-9(8)6-11)13-17-16-12(7-15)18-13/h1-6H,7,15H2. The molecule has 0 saturated heterocycles. The molecule has 0 amide bonds. The highest BCUT2D eigenvalue weighted by molar-refractivity contribution is 9.10. The van der Waals surface area contributed by atoms with Crippen molar-refractivity contribution in [3.05, 3.63) is 45.9 Å². The second-order valence-electron chi connectivity index (χ2n) is 3.91. The van der Waals surface area contributed by atoms with Crippen LogP contribution in [0.4, 0.5) is 0 Å². The first kappa shape index (κ1) is 11.8. The molecule has 0 radical (unpaired) electrons. The molecular formula is C13H10BrN3S. The minimum Gasteiger partial charge on any atom is -0.324 e. The van der Waals surface area contributed by atoms with E-state index in [1.165, 1.54) is 10.8 Å². The van der Waals surface area contributed by atoms with E-state index in [-0.39, 0.29) is 0 Å². The summed E-state index contributed by atoms with van der Waals surface area (Å²) in [4.78, 5) is 0. The molecule has 1 aromatic heterocycles. The van der Waals surface area contributed by atoms with Gasteiger partial charge in [-0.1, -0.05) is 45.5 Å². The van der Waals surface area contributed by atoms with Crippen molar-refractivity contribution in [2.75, 3.05) is 0 Å². The van der Waals surface area contributed by atoms with Crippen LogP contribution in [0.1, 0.15) is 5.01 Å². The van der Waals surface area contributed by atoms with E-state index < -0.39 is 0 Å². The maximum absolute atomic E-state index is 5.55. The number of hydrogen-bond acceptors (Lipinski definition) is 4. The zero-order chi connectivity index (χ0) is 12.5. The lowest BCUT2D eigenvalue weighted by molar-refractivity contribution is 0.960. The van der Waals surface area contributed by atoms with E-state index in [2.05, 4.69) is 56.5 Å². The molecule has 0 fully saturated rings. The Kier molecular flexibility index (Phi) is 3.11. The molecule has 90 valence electrons. The Morgan fingerprint density at radius 1 is 1.06 bits per heavy atom. The van der Waals surface area contributed by atoms with Crippen molar-refractivity contribution in [1.29, 1.82) is 0 Å². The van der Waals surface area contributed by atoms with Crippen LogP contribution >= 0.6 is 27.3 Å². The highest BCUT2D eigenvalue weighted by atomic mass is 79.9. The number of aromatic nitrogens is 2. The number of nitrogens with zero attached hydrogens (tertiary/aromatic N) is 2. The van der Waals surface area contributed by atoms with Crippen LogP contribution in [-0.4, -0.2) is 10.2 Å². The second-order valence-corrected chi connectivity index (χ2v) is 5.89. The Morgan fingerprint density at radius 2 is 1.83 bits per heavy atom. The molecule has 1 heterocycles. The molecular weight excluding hydrogens is 310 g/mol. The highest BCUT2D eigenvalue weighted by Gasteiger charge is 2.06. The average molecular weight is 320 g/mol. The van der Waals surface area contributed by atoms with Crippen molar-refractivity contribution in [2.24, 2.45) is 5.73 Å². The fourth-order valence-electron chi connectivity index (χ4n) is 1.80. The monoisotopic (exact) mass is 319 g/mol. The van der Waals surface area contributed by atoms with E-state index in [1.54, 1.807) is 11.3 Å². The first-order valence-electron chi connectivity index (χ1n) is 5.48. The summed E-state index contributed by atoms with van der Waals surface area (Å²) in [7, 11) is 0. The molecule has 3 rings (SSSR count). The average Bonchev–Trinajstić information content (AvgIpc) is 2.87. The summed E-state index contributed by atoms with van der Waals surface area (Å²) in [5.74, 6) is 0. The molecule has 3 nitrogen and oxygen atoms in total. The largest absolute Gasteiger partial charge is 0.324 e. The summed E-state index contributed by atoms with van der Waals surface area (Å²) in [6.45, 7) is 0.443. The maximum Gasteiger partial charge on any atom is 0.147 e. The number of hydrogen-bond donors (Lipinski definition) is 1. The van der Waals surface area contributed by atoms with Crippen LogP contribution in [0.25, 0.3) is 21.3 Å².